The summed E-state index contributed by atoms with van der Waals surface area (Å²) in [5.74, 6) is 0. The molecule has 4 heteroatoms. The lowest BCUT2D eigenvalue weighted by Crippen LogP contribution is -2.34. The van der Waals surface area contributed by atoms with E-state index >= 15 is 0 Å². The Balaban J connectivity index is 1.95. The third kappa shape index (κ3) is 4.94. The number of nitrogens with one attached hydrogen (secondary N) is 1. The molecule has 0 amide bonds. The molecule has 1 N–H and O–H groups in total. The maximum absolute atomic E-state index is 5.88. The van der Waals surface area contributed by atoms with Crippen LogP contribution in [0.1, 0.15) is 36.2 Å². The summed E-state index contributed by atoms with van der Waals surface area (Å²) in [6.45, 7) is 7.38. The molecule has 1 aromatic carbocycles. The minimum Gasteiger partial charge on any atom is -0.307 e. The van der Waals surface area contributed by atoms with E-state index in [1.807, 2.05) is 18.3 Å². The molecule has 0 fully saturated rings. The highest BCUT2D eigenvalue weighted by molar-refractivity contribution is 7.11. The molecular formula is C15H19ClN2S. The minimum absolute atomic E-state index is 0.139. The number of rotatable bonds is 4. The highest BCUT2D eigenvalue weighted by Crippen LogP contribution is 2.18. The Labute approximate surface area is 123 Å². The third-order valence-electron chi connectivity index (χ3n) is 2.66. The second kappa shape index (κ2) is 6.04. The molecule has 1 heterocycles. The molecule has 0 unspecified atom stereocenters. The van der Waals surface area contributed by atoms with Crippen LogP contribution in [0, 0.1) is 0 Å². The molecule has 0 bridgehead atoms. The molecule has 0 saturated carbocycles. The van der Waals surface area contributed by atoms with Gasteiger partial charge in [-0.25, -0.2) is 4.98 Å². The predicted octanol–water partition coefficient (Wildman–Crippen LogP) is 4.28. The average Bonchev–Trinajstić information content (AvgIpc) is 2.77. The quantitative estimate of drug-likeness (QED) is 0.910. The molecule has 1 aromatic heterocycles. The maximum Gasteiger partial charge on any atom is 0.0971 e. The van der Waals surface area contributed by atoms with E-state index in [1.54, 1.807) is 11.3 Å². The highest BCUT2D eigenvalue weighted by atomic mass is 35.5. The van der Waals surface area contributed by atoms with Crippen molar-refractivity contribution in [3.63, 3.8) is 0 Å². The number of benzene rings is 1. The van der Waals surface area contributed by atoms with Crippen molar-refractivity contribution in [2.45, 2.75) is 39.3 Å². The Kier molecular flexibility index (Phi) is 4.61. The van der Waals surface area contributed by atoms with Gasteiger partial charge in [0.15, 0.2) is 0 Å². The monoisotopic (exact) mass is 294 g/mol. The summed E-state index contributed by atoms with van der Waals surface area (Å²) in [7, 11) is 0. The molecule has 2 nitrogen and oxygen atoms in total. The lowest BCUT2D eigenvalue weighted by atomic mass is 10.1. The third-order valence-corrected chi connectivity index (χ3v) is 3.91. The fourth-order valence-corrected chi connectivity index (χ4v) is 2.66. The summed E-state index contributed by atoms with van der Waals surface area (Å²) < 4.78 is 0. The van der Waals surface area contributed by atoms with Crippen LogP contribution in [0.2, 0.25) is 5.02 Å². The van der Waals surface area contributed by atoms with E-state index in [0.717, 1.165) is 23.0 Å². The van der Waals surface area contributed by atoms with Crippen molar-refractivity contribution in [1.82, 2.24) is 10.3 Å². The van der Waals surface area contributed by atoms with E-state index in [1.165, 1.54) is 10.4 Å². The number of thiazole rings is 1. The first-order valence-electron chi connectivity index (χ1n) is 6.35. The average molecular weight is 295 g/mol. The smallest absolute Gasteiger partial charge is 0.0971 e. The van der Waals surface area contributed by atoms with Crippen molar-refractivity contribution in [3.8, 4) is 0 Å². The SMILES string of the molecule is CC(C)(C)NCc1cnc(Cc2ccc(Cl)cc2)s1. The molecule has 0 aliphatic rings. The van der Waals surface area contributed by atoms with E-state index in [4.69, 9.17) is 11.6 Å². The molecule has 0 spiro atoms. The Bertz CT molecular complexity index is 526. The van der Waals surface area contributed by atoms with Crippen molar-refractivity contribution < 1.29 is 0 Å². The van der Waals surface area contributed by atoms with Gasteiger partial charge >= 0.3 is 0 Å². The van der Waals surface area contributed by atoms with Gasteiger partial charge in [-0.1, -0.05) is 23.7 Å². The van der Waals surface area contributed by atoms with Gasteiger partial charge in [-0.3, -0.25) is 0 Å². The van der Waals surface area contributed by atoms with Crippen molar-refractivity contribution in [3.05, 3.63) is 50.9 Å². The summed E-state index contributed by atoms with van der Waals surface area (Å²) in [6, 6.07) is 7.95. The van der Waals surface area contributed by atoms with Crippen LogP contribution in [0.3, 0.4) is 0 Å². The number of hydrogen-bond donors (Lipinski definition) is 1. The molecule has 19 heavy (non-hydrogen) atoms. The van der Waals surface area contributed by atoms with Crippen LogP contribution in [0.25, 0.3) is 0 Å². The molecule has 0 aliphatic carbocycles. The van der Waals surface area contributed by atoms with Crippen LogP contribution in [-0.4, -0.2) is 10.5 Å². The van der Waals surface area contributed by atoms with Gasteiger partial charge in [0.2, 0.25) is 0 Å². The van der Waals surface area contributed by atoms with Gasteiger partial charge in [0, 0.05) is 34.6 Å². The summed E-state index contributed by atoms with van der Waals surface area (Å²) in [5, 5.41) is 5.40. The molecule has 0 aliphatic heterocycles. The first-order chi connectivity index (χ1) is 8.92. The lowest BCUT2D eigenvalue weighted by Gasteiger charge is -2.19. The summed E-state index contributed by atoms with van der Waals surface area (Å²) in [6.07, 6.45) is 2.84. The van der Waals surface area contributed by atoms with Gasteiger partial charge in [0.05, 0.1) is 5.01 Å². The first kappa shape index (κ1) is 14.5. The maximum atomic E-state index is 5.88. The van der Waals surface area contributed by atoms with Gasteiger partial charge in [-0.05, 0) is 38.5 Å². The molecule has 102 valence electrons. The van der Waals surface area contributed by atoms with E-state index in [2.05, 4.69) is 43.2 Å². The second-order valence-electron chi connectivity index (χ2n) is 5.63. The Morgan fingerprint density at radius 1 is 1.21 bits per heavy atom. The molecule has 0 radical (unpaired) electrons. The molecular weight excluding hydrogens is 276 g/mol. The van der Waals surface area contributed by atoms with Crippen LogP contribution in [0.4, 0.5) is 0 Å². The van der Waals surface area contributed by atoms with Crippen molar-refractivity contribution in [2.75, 3.05) is 0 Å². The molecule has 0 saturated heterocycles. The van der Waals surface area contributed by atoms with Crippen molar-refractivity contribution in [2.24, 2.45) is 0 Å². The van der Waals surface area contributed by atoms with Gasteiger partial charge in [-0.15, -0.1) is 11.3 Å². The van der Waals surface area contributed by atoms with E-state index < -0.39 is 0 Å². The standard InChI is InChI=1S/C15H19ClN2S/c1-15(2,3)18-10-13-9-17-14(19-13)8-11-4-6-12(16)7-5-11/h4-7,9,18H,8,10H2,1-3H3. The zero-order chi connectivity index (χ0) is 13.9. The van der Waals surface area contributed by atoms with Gasteiger partial charge < -0.3 is 5.32 Å². The van der Waals surface area contributed by atoms with Crippen LogP contribution in [0.5, 0.6) is 0 Å². The predicted molar refractivity (Wildman–Crippen MR) is 83.0 cm³/mol. The zero-order valence-corrected chi connectivity index (χ0v) is 13.1. The normalized spacial score (nSPS) is 11.8. The summed E-state index contributed by atoms with van der Waals surface area (Å²) in [4.78, 5) is 5.76. The Morgan fingerprint density at radius 2 is 1.89 bits per heavy atom. The van der Waals surface area contributed by atoms with Gasteiger partial charge in [-0.2, -0.15) is 0 Å². The topological polar surface area (TPSA) is 24.9 Å². The van der Waals surface area contributed by atoms with Gasteiger partial charge in [0.1, 0.15) is 0 Å². The van der Waals surface area contributed by atoms with Gasteiger partial charge in [0.25, 0.3) is 0 Å². The fourth-order valence-electron chi connectivity index (χ4n) is 1.64. The Morgan fingerprint density at radius 3 is 2.53 bits per heavy atom. The minimum atomic E-state index is 0.139. The van der Waals surface area contributed by atoms with Crippen LogP contribution in [0.15, 0.2) is 30.5 Å². The van der Waals surface area contributed by atoms with E-state index in [0.29, 0.717) is 0 Å². The fraction of sp³-hybridized carbons (Fsp3) is 0.400. The highest BCUT2D eigenvalue weighted by Gasteiger charge is 2.10. The number of nitrogens with zero attached hydrogens (tertiary/aromatic N) is 1. The van der Waals surface area contributed by atoms with Crippen molar-refractivity contribution in [1.29, 1.82) is 0 Å². The van der Waals surface area contributed by atoms with Crippen LogP contribution in [-0.2, 0) is 13.0 Å². The Hall–Kier alpha value is -0.900. The zero-order valence-electron chi connectivity index (χ0n) is 11.5. The molecule has 0 atom stereocenters. The first-order valence-corrected chi connectivity index (χ1v) is 7.55. The van der Waals surface area contributed by atoms with Crippen LogP contribution < -0.4 is 5.32 Å². The molecule has 2 rings (SSSR count). The molecule has 2 aromatic rings. The van der Waals surface area contributed by atoms with Crippen LogP contribution >= 0.6 is 22.9 Å². The second-order valence-corrected chi connectivity index (χ2v) is 7.26. The summed E-state index contributed by atoms with van der Waals surface area (Å²) >= 11 is 7.65. The largest absolute Gasteiger partial charge is 0.307 e. The van der Waals surface area contributed by atoms with E-state index in [9.17, 15) is 0 Å². The number of aromatic nitrogens is 1. The van der Waals surface area contributed by atoms with E-state index in [-0.39, 0.29) is 5.54 Å². The van der Waals surface area contributed by atoms with Crippen molar-refractivity contribution >= 4 is 22.9 Å². The number of halogens is 1. The summed E-state index contributed by atoms with van der Waals surface area (Å²) in [5.41, 5.74) is 1.38. The number of hydrogen-bond acceptors (Lipinski definition) is 3. The lowest BCUT2D eigenvalue weighted by molar-refractivity contribution is 0.426.